The third-order valence-corrected chi connectivity index (χ3v) is 4.55. The molecule has 1 amide bonds. The molecule has 0 spiro atoms. The number of aromatic nitrogens is 2. The van der Waals surface area contributed by atoms with Crippen molar-refractivity contribution in [2.75, 3.05) is 37.8 Å². The maximum absolute atomic E-state index is 12.0. The number of anilines is 1. The lowest BCUT2D eigenvalue weighted by atomic mass is 9.93. The smallest absolute Gasteiger partial charge is 0.240 e. The summed E-state index contributed by atoms with van der Waals surface area (Å²) in [5.74, 6) is 0.912. The number of nitrogens with one attached hydrogen (secondary N) is 1. The average Bonchev–Trinajstić information content (AvgIpc) is 2.82. The van der Waals surface area contributed by atoms with E-state index in [9.17, 15) is 4.79 Å². The molecule has 0 saturated heterocycles. The van der Waals surface area contributed by atoms with E-state index >= 15 is 0 Å². The summed E-state index contributed by atoms with van der Waals surface area (Å²) in [6.07, 6.45) is 1.08. The highest BCUT2D eigenvalue weighted by atomic mass is 32.2. The number of carbonyl (C=O) groups is 1. The molecule has 0 aliphatic carbocycles. The Morgan fingerprint density at radius 3 is 2.86 bits per heavy atom. The monoisotopic (exact) mass is 331 g/mol. The summed E-state index contributed by atoms with van der Waals surface area (Å²) in [6.45, 7) is 7.96. The highest BCUT2D eigenvalue weighted by Crippen LogP contribution is 2.20. The third kappa shape index (κ3) is 7.21. The average molecular weight is 332 g/mol. The molecule has 120 valence electrons. The Balaban J connectivity index is 2.41. The molecule has 8 heteroatoms. The van der Waals surface area contributed by atoms with E-state index in [2.05, 4.69) is 35.4 Å². The van der Waals surface area contributed by atoms with Crippen molar-refractivity contribution >= 4 is 34.3 Å². The fourth-order valence-corrected chi connectivity index (χ4v) is 3.18. The van der Waals surface area contributed by atoms with E-state index in [-0.39, 0.29) is 11.3 Å². The van der Waals surface area contributed by atoms with Crippen LogP contribution in [0.2, 0.25) is 0 Å². The zero-order chi connectivity index (χ0) is 15.9. The highest BCUT2D eigenvalue weighted by Gasteiger charge is 2.19. The van der Waals surface area contributed by atoms with E-state index in [1.807, 2.05) is 11.9 Å². The third-order valence-electron chi connectivity index (χ3n) is 2.75. The minimum absolute atomic E-state index is 0.00172. The Kier molecular flexibility index (Phi) is 7.58. The quantitative estimate of drug-likeness (QED) is 0.672. The standard InChI is InChI=1S/C13H25N5OS2/c1-5-6-20-12-16-11(21-17-12)15-10(19)7-18(4)9-13(2,3)8-14/h5-9,14H2,1-4H3,(H,15,16,17,19). The summed E-state index contributed by atoms with van der Waals surface area (Å²) in [5.41, 5.74) is 5.71. The highest BCUT2D eigenvalue weighted by molar-refractivity contribution is 7.99. The Morgan fingerprint density at radius 2 is 2.24 bits per heavy atom. The first-order valence-electron chi connectivity index (χ1n) is 7.01. The molecule has 0 aliphatic heterocycles. The van der Waals surface area contributed by atoms with Crippen molar-refractivity contribution in [2.24, 2.45) is 11.1 Å². The number of rotatable bonds is 9. The molecule has 6 nitrogen and oxygen atoms in total. The number of hydrogen-bond donors (Lipinski definition) is 2. The largest absolute Gasteiger partial charge is 0.330 e. The molecular weight excluding hydrogens is 306 g/mol. The first kappa shape index (κ1) is 18.3. The van der Waals surface area contributed by atoms with Crippen LogP contribution in [0.25, 0.3) is 0 Å². The van der Waals surface area contributed by atoms with Crippen molar-refractivity contribution in [1.29, 1.82) is 0 Å². The number of nitrogens with two attached hydrogens (primary N) is 1. The summed E-state index contributed by atoms with van der Waals surface area (Å²) >= 11 is 2.83. The zero-order valence-corrected chi connectivity index (χ0v) is 14.8. The molecule has 0 aromatic carbocycles. The van der Waals surface area contributed by atoms with Crippen LogP contribution in [-0.4, -0.2) is 52.6 Å². The molecule has 1 rings (SSSR count). The summed E-state index contributed by atoms with van der Waals surface area (Å²) in [4.78, 5) is 18.2. The van der Waals surface area contributed by atoms with Crippen molar-refractivity contribution in [3.8, 4) is 0 Å². The molecule has 1 aromatic heterocycles. The predicted octanol–water partition coefficient (Wildman–Crippen LogP) is 1.90. The molecule has 0 fully saturated rings. The Bertz CT molecular complexity index is 450. The van der Waals surface area contributed by atoms with Crippen LogP contribution >= 0.6 is 23.3 Å². The molecule has 0 aliphatic rings. The van der Waals surface area contributed by atoms with E-state index in [0.29, 0.717) is 18.2 Å². The van der Waals surface area contributed by atoms with Gasteiger partial charge in [-0.1, -0.05) is 32.5 Å². The maximum atomic E-state index is 12.0. The first-order chi connectivity index (χ1) is 9.86. The minimum atomic E-state index is -0.0755. The number of hydrogen-bond acceptors (Lipinski definition) is 7. The Hall–Kier alpha value is -0.700. The van der Waals surface area contributed by atoms with Crippen LogP contribution in [0, 0.1) is 5.41 Å². The summed E-state index contributed by atoms with van der Waals surface area (Å²) in [5, 5.41) is 4.08. The number of amides is 1. The number of thioether (sulfide) groups is 1. The van der Waals surface area contributed by atoms with Gasteiger partial charge in [-0.15, -0.1) is 0 Å². The Morgan fingerprint density at radius 1 is 1.52 bits per heavy atom. The van der Waals surface area contributed by atoms with Gasteiger partial charge in [-0.3, -0.25) is 15.0 Å². The van der Waals surface area contributed by atoms with Crippen molar-refractivity contribution in [2.45, 2.75) is 32.3 Å². The van der Waals surface area contributed by atoms with Crippen molar-refractivity contribution in [3.63, 3.8) is 0 Å². The lowest BCUT2D eigenvalue weighted by Gasteiger charge is -2.28. The van der Waals surface area contributed by atoms with Gasteiger partial charge in [0.05, 0.1) is 6.54 Å². The molecule has 0 radical (unpaired) electrons. The normalized spacial score (nSPS) is 11.9. The van der Waals surface area contributed by atoms with Gasteiger partial charge in [-0.2, -0.15) is 9.36 Å². The van der Waals surface area contributed by atoms with Crippen LogP contribution in [0.15, 0.2) is 5.16 Å². The van der Waals surface area contributed by atoms with Gasteiger partial charge in [0.25, 0.3) is 0 Å². The predicted molar refractivity (Wildman–Crippen MR) is 89.9 cm³/mol. The van der Waals surface area contributed by atoms with Crippen LogP contribution in [-0.2, 0) is 4.79 Å². The SMILES string of the molecule is CCCSc1nsc(NC(=O)CN(C)CC(C)(C)CN)n1. The molecule has 3 N–H and O–H groups in total. The maximum Gasteiger partial charge on any atom is 0.240 e. The Labute approximate surface area is 135 Å². The van der Waals surface area contributed by atoms with Crippen molar-refractivity contribution in [1.82, 2.24) is 14.3 Å². The number of carbonyl (C=O) groups excluding carboxylic acids is 1. The second-order valence-corrected chi connectivity index (χ2v) is 7.63. The van der Waals surface area contributed by atoms with Gasteiger partial charge in [0.1, 0.15) is 0 Å². The first-order valence-corrected chi connectivity index (χ1v) is 8.77. The zero-order valence-electron chi connectivity index (χ0n) is 13.2. The van der Waals surface area contributed by atoms with Crippen LogP contribution < -0.4 is 11.1 Å². The van der Waals surface area contributed by atoms with Gasteiger partial charge in [0, 0.05) is 23.8 Å². The van der Waals surface area contributed by atoms with Crippen LogP contribution in [0.4, 0.5) is 5.13 Å². The van der Waals surface area contributed by atoms with Gasteiger partial charge < -0.3 is 5.73 Å². The van der Waals surface area contributed by atoms with E-state index in [1.54, 1.807) is 11.8 Å². The van der Waals surface area contributed by atoms with Gasteiger partial charge >= 0.3 is 0 Å². The topological polar surface area (TPSA) is 84.1 Å². The van der Waals surface area contributed by atoms with Crippen LogP contribution in [0.5, 0.6) is 0 Å². The lowest BCUT2D eigenvalue weighted by Crippen LogP contribution is -2.40. The fraction of sp³-hybridized carbons (Fsp3) is 0.769. The summed E-state index contributed by atoms with van der Waals surface area (Å²) in [6, 6.07) is 0. The van der Waals surface area contributed by atoms with Gasteiger partial charge in [-0.25, -0.2) is 0 Å². The van der Waals surface area contributed by atoms with Crippen molar-refractivity contribution in [3.05, 3.63) is 0 Å². The van der Waals surface area contributed by atoms with Gasteiger partial charge in [-0.05, 0) is 25.4 Å². The van der Waals surface area contributed by atoms with Gasteiger partial charge in [0.15, 0.2) is 0 Å². The molecule has 0 bridgehead atoms. The summed E-state index contributed by atoms with van der Waals surface area (Å²) < 4.78 is 4.21. The number of likely N-dealkylation sites (N-methyl/N-ethyl adjacent to an activating group) is 1. The van der Waals surface area contributed by atoms with Gasteiger partial charge in [0.2, 0.25) is 16.2 Å². The van der Waals surface area contributed by atoms with Crippen LogP contribution in [0.1, 0.15) is 27.2 Å². The molecular formula is C13H25N5OS2. The number of nitrogens with zero attached hydrogens (tertiary/aromatic N) is 3. The minimum Gasteiger partial charge on any atom is -0.330 e. The fourth-order valence-electron chi connectivity index (χ4n) is 1.77. The molecule has 0 saturated carbocycles. The lowest BCUT2D eigenvalue weighted by molar-refractivity contribution is -0.117. The van der Waals surface area contributed by atoms with E-state index in [4.69, 9.17) is 5.73 Å². The summed E-state index contributed by atoms with van der Waals surface area (Å²) in [7, 11) is 1.92. The molecule has 21 heavy (non-hydrogen) atoms. The van der Waals surface area contributed by atoms with E-state index in [1.165, 1.54) is 11.5 Å². The molecule has 0 atom stereocenters. The molecule has 1 aromatic rings. The van der Waals surface area contributed by atoms with Crippen LogP contribution in [0.3, 0.4) is 0 Å². The van der Waals surface area contributed by atoms with Crippen molar-refractivity contribution < 1.29 is 4.79 Å². The van der Waals surface area contributed by atoms with E-state index in [0.717, 1.165) is 23.9 Å². The molecule has 1 heterocycles. The second-order valence-electron chi connectivity index (χ2n) is 5.82. The second kappa shape index (κ2) is 8.67. The molecule has 0 unspecified atom stereocenters. The van der Waals surface area contributed by atoms with E-state index < -0.39 is 0 Å².